The average molecular weight is 332 g/mol. The first-order chi connectivity index (χ1) is 8.41. The van der Waals surface area contributed by atoms with Crippen LogP contribution in [0.2, 0.25) is 5.15 Å². The van der Waals surface area contributed by atoms with Crippen molar-refractivity contribution in [3.05, 3.63) is 31.9 Å². The maximum atomic E-state index is 11.8. The third kappa shape index (κ3) is 2.22. The molecule has 0 radical (unpaired) electrons. The molecule has 0 fully saturated rings. The summed E-state index contributed by atoms with van der Waals surface area (Å²) >= 11 is 9.18. The van der Waals surface area contributed by atoms with Crippen LogP contribution in [0.15, 0.2) is 15.5 Å². The van der Waals surface area contributed by atoms with Crippen LogP contribution < -0.4 is 5.56 Å². The van der Waals surface area contributed by atoms with Crippen molar-refractivity contribution >= 4 is 27.5 Å². The van der Waals surface area contributed by atoms with Crippen molar-refractivity contribution in [2.24, 2.45) is 7.05 Å². The van der Waals surface area contributed by atoms with Gasteiger partial charge in [-0.05, 0) is 21.8 Å². The molecular formula is C11H12BrClN4O. The van der Waals surface area contributed by atoms with Crippen LogP contribution in [0.1, 0.15) is 25.5 Å². The molecule has 0 unspecified atom stereocenters. The number of hydrogen-bond acceptors (Lipinski definition) is 3. The maximum absolute atomic E-state index is 11.8. The molecule has 0 saturated heterocycles. The number of aromatic nitrogens is 4. The largest absolute Gasteiger partial charge is 0.316 e. The molecule has 0 aromatic carbocycles. The van der Waals surface area contributed by atoms with Crippen molar-refractivity contribution in [1.29, 1.82) is 0 Å². The number of halogens is 2. The van der Waals surface area contributed by atoms with Gasteiger partial charge in [-0.15, -0.1) is 0 Å². The van der Waals surface area contributed by atoms with Crippen LogP contribution in [0.4, 0.5) is 0 Å². The van der Waals surface area contributed by atoms with Crippen LogP contribution in [-0.2, 0) is 7.05 Å². The molecule has 2 rings (SSSR count). The Kier molecular flexibility index (Phi) is 3.59. The molecular weight excluding hydrogens is 320 g/mol. The Morgan fingerprint density at radius 1 is 1.50 bits per heavy atom. The van der Waals surface area contributed by atoms with Crippen LogP contribution in [0.25, 0.3) is 11.6 Å². The summed E-state index contributed by atoms with van der Waals surface area (Å²) in [5.41, 5.74) is 0.482. The summed E-state index contributed by atoms with van der Waals surface area (Å²) in [6.45, 7) is 3.95. The molecule has 96 valence electrons. The predicted octanol–water partition coefficient (Wildman–Crippen LogP) is 2.71. The highest BCUT2D eigenvalue weighted by Gasteiger charge is 2.16. The number of rotatable bonds is 2. The standard InChI is InChI=1S/C11H12BrClN4O/c1-5(2)8-7(12)11(18)16-9(15-8)10-14-4-6(13)17(10)3/h4-5H,1-3H3,(H,15,16,18). The van der Waals surface area contributed by atoms with Gasteiger partial charge >= 0.3 is 0 Å². The Morgan fingerprint density at radius 3 is 2.67 bits per heavy atom. The molecule has 0 spiro atoms. The van der Waals surface area contributed by atoms with Gasteiger partial charge in [0.05, 0.1) is 11.9 Å². The minimum absolute atomic E-state index is 0.135. The molecule has 0 amide bonds. The molecule has 0 atom stereocenters. The van der Waals surface area contributed by atoms with Crippen LogP contribution in [-0.4, -0.2) is 19.5 Å². The summed E-state index contributed by atoms with van der Waals surface area (Å²) in [5, 5.41) is 0.488. The van der Waals surface area contributed by atoms with Gasteiger partial charge in [0.25, 0.3) is 5.56 Å². The highest BCUT2D eigenvalue weighted by Crippen LogP contribution is 2.22. The van der Waals surface area contributed by atoms with Crippen molar-refractivity contribution in [3.8, 4) is 11.6 Å². The molecule has 7 heteroatoms. The van der Waals surface area contributed by atoms with E-state index < -0.39 is 0 Å². The first-order valence-electron chi connectivity index (χ1n) is 5.39. The second kappa shape index (κ2) is 4.85. The summed E-state index contributed by atoms with van der Waals surface area (Å²) in [5.74, 6) is 1.09. The number of hydrogen-bond donors (Lipinski definition) is 1. The molecule has 2 aromatic heterocycles. The Bertz CT molecular complexity index is 647. The van der Waals surface area contributed by atoms with Crippen molar-refractivity contribution in [3.63, 3.8) is 0 Å². The number of imidazole rings is 1. The quantitative estimate of drug-likeness (QED) is 0.920. The van der Waals surface area contributed by atoms with Gasteiger partial charge in [0.1, 0.15) is 9.63 Å². The van der Waals surface area contributed by atoms with E-state index in [1.165, 1.54) is 6.20 Å². The van der Waals surface area contributed by atoms with E-state index >= 15 is 0 Å². The van der Waals surface area contributed by atoms with Crippen molar-refractivity contribution in [1.82, 2.24) is 19.5 Å². The molecule has 18 heavy (non-hydrogen) atoms. The lowest BCUT2D eigenvalue weighted by molar-refractivity contribution is 0.795. The zero-order chi connectivity index (χ0) is 13.4. The summed E-state index contributed by atoms with van der Waals surface area (Å²) < 4.78 is 2.12. The van der Waals surface area contributed by atoms with Crippen molar-refractivity contribution in [2.75, 3.05) is 0 Å². The third-order valence-electron chi connectivity index (χ3n) is 2.58. The Balaban J connectivity index is 2.67. The molecule has 1 N–H and O–H groups in total. The van der Waals surface area contributed by atoms with E-state index in [1.807, 2.05) is 13.8 Å². The lowest BCUT2D eigenvalue weighted by Crippen LogP contribution is -2.15. The molecule has 2 aromatic rings. The summed E-state index contributed by atoms with van der Waals surface area (Å²) in [6, 6.07) is 0. The first kappa shape index (κ1) is 13.3. The fourth-order valence-corrected chi connectivity index (χ4v) is 2.35. The first-order valence-corrected chi connectivity index (χ1v) is 6.56. The van der Waals surface area contributed by atoms with Gasteiger partial charge in [0, 0.05) is 7.05 Å². The van der Waals surface area contributed by atoms with E-state index in [-0.39, 0.29) is 11.5 Å². The molecule has 0 aliphatic rings. The van der Waals surface area contributed by atoms with E-state index in [1.54, 1.807) is 11.6 Å². The van der Waals surface area contributed by atoms with Crippen LogP contribution in [0.3, 0.4) is 0 Å². The van der Waals surface area contributed by atoms with E-state index in [2.05, 4.69) is 30.9 Å². The number of H-pyrrole nitrogens is 1. The van der Waals surface area contributed by atoms with Crippen LogP contribution >= 0.6 is 27.5 Å². The van der Waals surface area contributed by atoms with Crippen molar-refractivity contribution in [2.45, 2.75) is 19.8 Å². The smallest absolute Gasteiger partial charge is 0.265 e. The highest BCUT2D eigenvalue weighted by molar-refractivity contribution is 9.10. The van der Waals surface area contributed by atoms with E-state index in [0.717, 1.165) is 0 Å². The molecule has 0 aliphatic heterocycles. The summed E-state index contributed by atoms with van der Waals surface area (Å²) in [4.78, 5) is 23.1. The lowest BCUT2D eigenvalue weighted by atomic mass is 10.1. The topological polar surface area (TPSA) is 63.6 Å². The number of nitrogens with one attached hydrogen (secondary N) is 1. The molecule has 0 aliphatic carbocycles. The monoisotopic (exact) mass is 330 g/mol. The Hall–Kier alpha value is -1.14. The SMILES string of the molecule is CC(C)c1nc(-c2ncc(Cl)n2C)[nH]c(=O)c1Br. The third-order valence-corrected chi connectivity index (χ3v) is 3.70. The normalized spacial score (nSPS) is 11.2. The fraction of sp³-hybridized carbons (Fsp3) is 0.364. The van der Waals surface area contributed by atoms with Gasteiger partial charge in [-0.25, -0.2) is 9.97 Å². The van der Waals surface area contributed by atoms with Crippen molar-refractivity contribution < 1.29 is 0 Å². The van der Waals surface area contributed by atoms with Gasteiger partial charge in [0.2, 0.25) is 0 Å². The molecule has 0 bridgehead atoms. The van der Waals surface area contributed by atoms with E-state index in [0.29, 0.717) is 27.0 Å². The van der Waals surface area contributed by atoms with Gasteiger partial charge < -0.3 is 9.55 Å². The zero-order valence-electron chi connectivity index (χ0n) is 10.2. The summed E-state index contributed by atoms with van der Waals surface area (Å²) in [7, 11) is 1.77. The second-order valence-corrected chi connectivity index (χ2v) is 5.41. The Morgan fingerprint density at radius 2 is 2.17 bits per heavy atom. The van der Waals surface area contributed by atoms with E-state index in [9.17, 15) is 4.79 Å². The molecule has 5 nitrogen and oxygen atoms in total. The molecule has 0 saturated carbocycles. The molecule has 2 heterocycles. The zero-order valence-corrected chi connectivity index (χ0v) is 12.5. The van der Waals surface area contributed by atoms with Crippen LogP contribution in [0, 0.1) is 0 Å². The average Bonchev–Trinajstić information content (AvgIpc) is 2.63. The second-order valence-electron chi connectivity index (χ2n) is 4.23. The lowest BCUT2D eigenvalue weighted by Gasteiger charge is -2.09. The maximum Gasteiger partial charge on any atom is 0.265 e. The minimum Gasteiger partial charge on any atom is -0.316 e. The van der Waals surface area contributed by atoms with Gasteiger partial charge in [-0.2, -0.15) is 0 Å². The van der Waals surface area contributed by atoms with Crippen LogP contribution in [0.5, 0.6) is 0 Å². The minimum atomic E-state index is -0.220. The Labute approximate surface area is 117 Å². The fourth-order valence-electron chi connectivity index (χ4n) is 1.57. The predicted molar refractivity (Wildman–Crippen MR) is 73.9 cm³/mol. The van der Waals surface area contributed by atoms with Gasteiger partial charge in [-0.3, -0.25) is 4.79 Å². The van der Waals surface area contributed by atoms with Gasteiger partial charge in [-0.1, -0.05) is 25.4 Å². The number of aromatic amines is 1. The van der Waals surface area contributed by atoms with Gasteiger partial charge in [0.15, 0.2) is 11.6 Å². The van der Waals surface area contributed by atoms with E-state index in [4.69, 9.17) is 11.6 Å². The summed E-state index contributed by atoms with van der Waals surface area (Å²) in [6.07, 6.45) is 1.52. The highest BCUT2D eigenvalue weighted by atomic mass is 79.9. The number of nitrogens with zero attached hydrogens (tertiary/aromatic N) is 3.